The second-order valence-electron chi connectivity index (χ2n) is 6.12. The maximum absolute atomic E-state index is 11.6. The van der Waals surface area contributed by atoms with Crippen LogP contribution in [0.15, 0.2) is 29.2 Å². The summed E-state index contributed by atoms with van der Waals surface area (Å²) in [4.78, 5) is 0.227. The zero-order chi connectivity index (χ0) is 16.6. The van der Waals surface area contributed by atoms with Gasteiger partial charge < -0.3 is 0 Å². The van der Waals surface area contributed by atoms with Crippen LogP contribution in [0, 0.1) is 5.92 Å². The van der Waals surface area contributed by atoms with Crippen molar-refractivity contribution >= 4 is 10.1 Å². The second kappa shape index (κ2) is 9.31. The predicted octanol–water partition coefficient (Wildman–Crippen LogP) is 5.12. The van der Waals surface area contributed by atoms with E-state index in [1.807, 2.05) is 12.1 Å². The molecule has 0 fully saturated rings. The van der Waals surface area contributed by atoms with Crippen molar-refractivity contribution in [3.63, 3.8) is 0 Å². The first-order valence-electron chi connectivity index (χ1n) is 8.35. The van der Waals surface area contributed by atoms with E-state index in [0.717, 1.165) is 12.3 Å². The summed E-state index contributed by atoms with van der Waals surface area (Å²) in [6.45, 7) is 6.76. The molecule has 2 atom stereocenters. The minimum Gasteiger partial charge on any atom is -0.270 e. The molecular formula is C18H30O3S. The lowest BCUT2D eigenvalue weighted by molar-refractivity contribution is 0.397. The van der Waals surface area contributed by atoms with Gasteiger partial charge in [0, 0.05) is 0 Å². The Morgan fingerprint density at radius 3 is 2.18 bits per heavy atom. The molecule has 0 saturated carbocycles. The van der Waals surface area contributed by atoms with Crippen molar-refractivity contribution in [1.82, 2.24) is 0 Å². The first-order chi connectivity index (χ1) is 10.4. The summed E-state index contributed by atoms with van der Waals surface area (Å²) >= 11 is 0. The summed E-state index contributed by atoms with van der Waals surface area (Å²) in [6, 6.07) is 7.15. The van der Waals surface area contributed by atoms with Gasteiger partial charge >= 0.3 is 0 Å². The molecule has 1 aromatic carbocycles. The molecule has 1 rings (SSSR count). The van der Waals surface area contributed by atoms with Crippen LogP contribution in [-0.2, 0) is 14.3 Å². The molecule has 22 heavy (non-hydrogen) atoms. The molecule has 0 aromatic heterocycles. The highest BCUT2D eigenvalue weighted by atomic mass is 32.2. The fraction of sp³-hybridized carbons (Fsp3) is 0.667. The van der Waals surface area contributed by atoms with Crippen molar-refractivity contribution in [2.75, 3.05) is 7.11 Å². The molecule has 126 valence electrons. The lowest BCUT2D eigenvalue weighted by atomic mass is 9.89. The summed E-state index contributed by atoms with van der Waals surface area (Å²) in [5.41, 5.74) is 1.22. The molecule has 1 aromatic rings. The smallest absolute Gasteiger partial charge is 0.270 e. The molecule has 0 bridgehead atoms. The van der Waals surface area contributed by atoms with Crippen molar-refractivity contribution in [3.05, 3.63) is 29.8 Å². The molecule has 0 heterocycles. The molecule has 0 spiro atoms. The van der Waals surface area contributed by atoms with E-state index in [-0.39, 0.29) is 4.90 Å². The fourth-order valence-corrected chi connectivity index (χ4v) is 3.62. The van der Waals surface area contributed by atoms with Crippen LogP contribution in [0.3, 0.4) is 0 Å². The summed E-state index contributed by atoms with van der Waals surface area (Å²) in [7, 11) is -2.39. The highest BCUT2D eigenvalue weighted by Gasteiger charge is 2.15. The van der Waals surface area contributed by atoms with Crippen molar-refractivity contribution in [2.45, 2.75) is 70.1 Å². The van der Waals surface area contributed by atoms with E-state index < -0.39 is 10.1 Å². The first kappa shape index (κ1) is 19.2. The lowest BCUT2D eigenvalue weighted by Crippen LogP contribution is -2.04. The molecule has 0 saturated heterocycles. The van der Waals surface area contributed by atoms with Crippen molar-refractivity contribution < 1.29 is 12.6 Å². The maximum Gasteiger partial charge on any atom is 0.296 e. The summed E-state index contributed by atoms with van der Waals surface area (Å²) in [6.07, 6.45) is 7.33. The van der Waals surface area contributed by atoms with E-state index in [2.05, 4.69) is 25.0 Å². The Kier molecular flexibility index (Phi) is 8.12. The average molecular weight is 327 g/mol. The van der Waals surface area contributed by atoms with Crippen LogP contribution in [0.2, 0.25) is 0 Å². The molecule has 1 unspecified atom stereocenters. The normalized spacial score (nSPS) is 14.7. The van der Waals surface area contributed by atoms with Gasteiger partial charge in [-0.2, -0.15) is 8.42 Å². The molecule has 0 N–H and O–H groups in total. The van der Waals surface area contributed by atoms with Gasteiger partial charge in [-0.1, -0.05) is 58.6 Å². The van der Waals surface area contributed by atoms with Crippen molar-refractivity contribution in [3.8, 4) is 0 Å². The van der Waals surface area contributed by atoms with Crippen LogP contribution in [0.5, 0.6) is 0 Å². The third-order valence-corrected chi connectivity index (χ3v) is 5.67. The molecule has 0 aliphatic carbocycles. The Morgan fingerprint density at radius 1 is 1.05 bits per heavy atom. The van der Waals surface area contributed by atoms with Gasteiger partial charge in [0.15, 0.2) is 0 Å². The SMILES string of the molecule is CCC[C@@H](C)CCCC(CC)c1ccc(S(=O)(=O)OC)cc1. The number of hydrogen-bond acceptors (Lipinski definition) is 3. The lowest BCUT2D eigenvalue weighted by Gasteiger charge is -2.17. The zero-order valence-electron chi connectivity index (χ0n) is 14.3. The maximum atomic E-state index is 11.6. The van der Waals surface area contributed by atoms with E-state index in [1.54, 1.807) is 12.1 Å². The van der Waals surface area contributed by atoms with E-state index in [1.165, 1.54) is 44.8 Å². The Morgan fingerprint density at radius 2 is 1.68 bits per heavy atom. The van der Waals surface area contributed by atoms with E-state index in [4.69, 9.17) is 0 Å². The van der Waals surface area contributed by atoms with Crippen LogP contribution < -0.4 is 0 Å². The Balaban J connectivity index is 2.64. The van der Waals surface area contributed by atoms with E-state index >= 15 is 0 Å². The van der Waals surface area contributed by atoms with Gasteiger partial charge in [0.05, 0.1) is 12.0 Å². The highest BCUT2D eigenvalue weighted by Crippen LogP contribution is 2.28. The quantitative estimate of drug-likeness (QED) is 0.560. The molecule has 0 aliphatic rings. The largest absolute Gasteiger partial charge is 0.296 e. The van der Waals surface area contributed by atoms with Gasteiger partial charge in [-0.15, -0.1) is 0 Å². The molecule has 0 radical (unpaired) electrons. The number of hydrogen-bond donors (Lipinski definition) is 0. The van der Waals surface area contributed by atoms with Crippen molar-refractivity contribution in [2.24, 2.45) is 5.92 Å². The molecule has 4 heteroatoms. The van der Waals surface area contributed by atoms with Gasteiger partial charge in [-0.3, -0.25) is 4.18 Å². The van der Waals surface area contributed by atoms with Crippen LogP contribution in [0.4, 0.5) is 0 Å². The van der Waals surface area contributed by atoms with Gasteiger partial charge in [0.2, 0.25) is 0 Å². The van der Waals surface area contributed by atoms with Crippen molar-refractivity contribution in [1.29, 1.82) is 0 Å². The standard InChI is InChI=1S/C18H30O3S/c1-5-8-15(3)9-7-10-16(6-2)17-11-13-18(14-12-17)22(19,20)21-4/h11-16H,5-10H2,1-4H3/t15-,16?/m1/s1. The average Bonchev–Trinajstić information content (AvgIpc) is 2.52. The monoisotopic (exact) mass is 326 g/mol. The van der Waals surface area contributed by atoms with Gasteiger partial charge in [0.25, 0.3) is 10.1 Å². The Hall–Kier alpha value is -0.870. The highest BCUT2D eigenvalue weighted by molar-refractivity contribution is 7.86. The first-order valence-corrected chi connectivity index (χ1v) is 9.76. The summed E-state index contributed by atoms with van der Waals surface area (Å²) < 4.78 is 27.8. The predicted molar refractivity (Wildman–Crippen MR) is 91.6 cm³/mol. The van der Waals surface area contributed by atoms with Crippen LogP contribution in [-0.4, -0.2) is 15.5 Å². The molecule has 3 nitrogen and oxygen atoms in total. The Bertz CT molecular complexity index is 520. The molecule has 0 amide bonds. The van der Waals surface area contributed by atoms with Gasteiger partial charge in [0.1, 0.15) is 0 Å². The number of benzene rings is 1. The van der Waals surface area contributed by atoms with Gasteiger partial charge in [-0.05, 0) is 42.4 Å². The van der Waals surface area contributed by atoms with Crippen LogP contribution in [0.1, 0.15) is 70.8 Å². The van der Waals surface area contributed by atoms with E-state index in [0.29, 0.717) is 5.92 Å². The molecular weight excluding hydrogens is 296 g/mol. The third kappa shape index (κ3) is 5.73. The van der Waals surface area contributed by atoms with Crippen LogP contribution >= 0.6 is 0 Å². The molecule has 0 aliphatic heterocycles. The summed E-state index contributed by atoms with van der Waals surface area (Å²) in [5.74, 6) is 1.31. The third-order valence-electron chi connectivity index (χ3n) is 4.38. The van der Waals surface area contributed by atoms with Crippen LogP contribution in [0.25, 0.3) is 0 Å². The Labute approximate surface area is 136 Å². The summed E-state index contributed by atoms with van der Waals surface area (Å²) in [5, 5.41) is 0. The topological polar surface area (TPSA) is 43.4 Å². The minimum absolute atomic E-state index is 0.227. The minimum atomic E-state index is -3.58. The van der Waals surface area contributed by atoms with E-state index in [9.17, 15) is 8.42 Å². The fourth-order valence-electron chi connectivity index (χ4n) is 2.96. The zero-order valence-corrected chi connectivity index (χ0v) is 15.2. The second-order valence-corrected chi connectivity index (χ2v) is 7.83. The number of rotatable bonds is 10. The van der Waals surface area contributed by atoms with Gasteiger partial charge in [-0.25, -0.2) is 0 Å².